The van der Waals surface area contributed by atoms with Crippen LogP contribution >= 0.6 is 0 Å². The molecule has 0 amide bonds. The number of hydrogen-bond donors (Lipinski definition) is 3. The summed E-state index contributed by atoms with van der Waals surface area (Å²) in [6.45, 7) is 5.50. The van der Waals surface area contributed by atoms with Gasteiger partial charge in [-0.15, -0.1) is 0 Å². The van der Waals surface area contributed by atoms with Gasteiger partial charge in [0.1, 0.15) is 6.33 Å². The number of aliphatic hydroxyl groups is 1. The number of hydrogen-bond acceptors (Lipinski definition) is 6. The van der Waals surface area contributed by atoms with Gasteiger partial charge in [0.05, 0.1) is 18.8 Å². The van der Waals surface area contributed by atoms with E-state index in [9.17, 15) is 5.11 Å². The van der Waals surface area contributed by atoms with Crippen molar-refractivity contribution in [2.24, 2.45) is 0 Å². The van der Waals surface area contributed by atoms with Gasteiger partial charge in [-0.3, -0.25) is 0 Å². The molecule has 1 rings (SSSR count). The summed E-state index contributed by atoms with van der Waals surface area (Å²) >= 11 is 0. The number of rotatable bonds is 5. The normalized spacial score (nSPS) is 13.1. The Morgan fingerprint density at radius 2 is 1.94 bits per heavy atom. The topological polar surface area (TPSA) is 79.3 Å². The standard InChI is InChI=1S/C11H20N4O2/c1-7(16)11(2,3)15-10-8(17-5)9(12-4)13-6-14-10/h6-7,16H,1-5H3,(H2,12,13,14,15). The van der Waals surface area contributed by atoms with E-state index in [1.807, 2.05) is 13.8 Å². The van der Waals surface area contributed by atoms with Crippen LogP contribution in [0.15, 0.2) is 6.33 Å². The second kappa shape index (κ2) is 5.18. The summed E-state index contributed by atoms with van der Waals surface area (Å²) in [5.74, 6) is 1.69. The molecule has 0 saturated heterocycles. The molecule has 6 heteroatoms. The average molecular weight is 240 g/mol. The zero-order valence-corrected chi connectivity index (χ0v) is 10.9. The van der Waals surface area contributed by atoms with Crippen LogP contribution in [0.4, 0.5) is 11.6 Å². The lowest BCUT2D eigenvalue weighted by Crippen LogP contribution is -2.42. The van der Waals surface area contributed by atoms with Gasteiger partial charge in [0.25, 0.3) is 0 Å². The highest BCUT2D eigenvalue weighted by Crippen LogP contribution is 2.31. The second-order valence-electron chi connectivity index (χ2n) is 4.38. The molecule has 0 aliphatic carbocycles. The fraction of sp³-hybridized carbons (Fsp3) is 0.636. The van der Waals surface area contributed by atoms with Gasteiger partial charge in [0.2, 0.25) is 5.75 Å². The highest BCUT2D eigenvalue weighted by Gasteiger charge is 2.26. The third kappa shape index (κ3) is 2.97. The quantitative estimate of drug-likeness (QED) is 0.715. The van der Waals surface area contributed by atoms with Crippen LogP contribution < -0.4 is 15.4 Å². The fourth-order valence-electron chi connectivity index (χ4n) is 1.24. The first kappa shape index (κ1) is 13.5. The molecule has 0 spiro atoms. The number of methoxy groups -OCH3 is 1. The summed E-state index contributed by atoms with van der Waals surface area (Å²) in [6, 6.07) is 0. The number of aromatic nitrogens is 2. The van der Waals surface area contributed by atoms with Crippen molar-refractivity contribution in [3.63, 3.8) is 0 Å². The molecule has 0 bridgehead atoms. The molecule has 3 N–H and O–H groups in total. The van der Waals surface area contributed by atoms with Gasteiger partial charge in [-0.2, -0.15) is 0 Å². The Bertz CT molecular complexity index is 380. The molecule has 1 aromatic heterocycles. The van der Waals surface area contributed by atoms with Gasteiger partial charge >= 0.3 is 0 Å². The van der Waals surface area contributed by atoms with E-state index in [0.29, 0.717) is 17.4 Å². The van der Waals surface area contributed by atoms with Crippen LogP contribution in [0.3, 0.4) is 0 Å². The third-order valence-electron chi connectivity index (χ3n) is 2.73. The Morgan fingerprint density at radius 3 is 2.41 bits per heavy atom. The van der Waals surface area contributed by atoms with E-state index in [1.165, 1.54) is 6.33 Å². The Kier molecular flexibility index (Phi) is 4.11. The smallest absolute Gasteiger partial charge is 0.204 e. The van der Waals surface area contributed by atoms with Crippen LogP contribution in [0.25, 0.3) is 0 Å². The van der Waals surface area contributed by atoms with Gasteiger partial charge in [-0.05, 0) is 20.8 Å². The molecule has 0 radical (unpaired) electrons. The third-order valence-corrected chi connectivity index (χ3v) is 2.73. The number of anilines is 2. The highest BCUT2D eigenvalue weighted by molar-refractivity contribution is 5.64. The maximum atomic E-state index is 9.67. The molecule has 0 aliphatic rings. The van der Waals surface area contributed by atoms with Crippen molar-refractivity contribution in [3.8, 4) is 5.75 Å². The van der Waals surface area contributed by atoms with E-state index in [-0.39, 0.29) is 0 Å². The maximum Gasteiger partial charge on any atom is 0.204 e. The Hall–Kier alpha value is -1.56. The molecule has 0 saturated carbocycles. The van der Waals surface area contributed by atoms with Crippen molar-refractivity contribution in [1.82, 2.24) is 9.97 Å². The Labute approximate surface area is 101 Å². The summed E-state index contributed by atoms with van der Waals surface area (Å²) in [5.41, 5.74) is -0.507. The summed E-state index contributed by atoms with van der Waals surface area (Å²) in [5, 5.41) is 15.7. The minimum Gasteiger partial charge on any atom is -0.490 e. The first-order valence-electron chi connectivity index (χ1n) is 5.45. The number of nitrogens with one attached hydrogen (secondary N) is 2. The van der Waals surface area contributed by atoms with E-state index in [1.54, 1.807) is 21.1 Å². The highest BCUT2D eigenvalue weighted by atomic mass is 16.5. The number of aliphatic hydroxyl groups excluding tert-OH is 1. The van der Waals surface area contributed by atoms with Crippen LogP contribution in [0.2, 0.25) is 0 Å². The Balaban J connectivity index is 3.06. The monoisotopic (exact) mass is 240 g/mol. The second-order valence-corrected chi connectivity index (χ2v) is 4.38. The molecular weight excluding hydrogens is 220 g/mol. The van der Waals surface area contributed by atoms with Gasteiger partial charge in [-0.1, -0.05) is 0 Å². The largest absolute Gasteiger partial charge is 0.490 e. The minimum absolute atomic E-state index is 0.507. The molecule has 17 heavy (non-hydrogen) atoms. The fourth-order valence-corrected chi connectivity index (χ4v) is 1.24. The van der Waals surface area contributed by atoms with Crippen LogP contribution in [0.1, 0.15) is 20.8 Å². The zero-order chi connectivity index (χ0) is 13.1. The lowest BCUT2D eigenvalue weighted by Gasteiger charge is -2.30. The molecule has 0 aromatic carbocycles. The van der Waals surface area contributed by atoms with Crippen LogP contribution in [-0.2, 0) is 0 Å². The summed E-state index contributed by atoms with van der Waals surface area (Å²) in [7, 11) is 3.31. The SMILES string of the molecule is CNc1ncnc(NC(C)(C)C(C)O)c1OC. The van der Waals surface area contributed by atoms with Gasteiger partial charge in [-0.25, -0.2) is 9.97 Å². The van der Waals surface area contributed by atoms with Gasteiger partial charge in [0.15, 0.2) is 11.6 Å². The molecule has 96 valence electrons. The minimum atomic E-state index is -0.528. The van der Waals surface area contributed by atoms with Crippen LogP contribution in [0.5, 0.6) is 5.75 Å². The number of nitrogens with zero attached hydrogens (tertiary/aromatic N) is 2. The molecule has 1 heterocycles. The van der Waals surface area contributed by atoms with Crippen molar-refractivity contribution in [3.05, 3.63) is 6.33 Å². The molecule has 1 unspecified atom stereocenters. The van der Waals surface area contributed by atoms with E-state index < -0.39 is 11.6 Å². The van der Waals surface area contributed by atoms with Crippen molar-refractivity contribution in [2.45, 2.75) is 32.4 Å². The molecular formula is C11H20N4O2. The molecule has 6 nitrogen and oxygen atoms in total. The van der Waals surface area contributed by atoms with E-state index in [0.717, 1.165) is 0 Å². The summed E-state index contributed by atoms with van der Waals surface area (Å²) in [6.07, 6.45) is 0.912. The van der Waals surface area contributed by atoms with E-state index in [4.69, 9.17) is 4.74 Å². The van der Waals surface area contributed by atoms with Crippen LogP contribution in [0, 0.1) is 0 Å². The van der Waals surface area contributed by atoms with E-state index in [2.05, 4.69) is 20.6 Å². The lowest BCUT2D eigenvalue weighted by molar-refractivity contribution is 0.132. The zero-order valence-electron chi connectivity index (χ0n) is 10.9. The van der Waals surface area contributed by atoms with Crippen molar-refractivity contribution in [2.75, 3.05) is 24.8 Å². The average Bonchev–Trinajstić information content (AvgIpc) is 2.27. The number of ether oxygens (including phenoxy) is 1. The Morgan fingerprint density at radius 1 is 1.35 bits per heavy atom. The lowest BCUT2D eigenvalue weighted by atomic mass is 9.99. The predicted molar refractivity (Wildman–Crippen MR) is 67.5 cm³/mol. The van der Waals surface area contributed by atoms with Crippen molar-refractivity contribution >= 4 is 11.6 Å². The van der Waals surface area contributed by atoms with Crippen LogP contribution in [-0.4, -0.2) is 40.9 Å². The van der Waals surface area contributed by atoms with Gasteiger partial charge in [0, 0.05) is 7.05 Å². The predicted octanol–water partition coefficient (Wildman–Crippen LogP) is 1.10. The molecule has 0 fully saturated rings. The van der Waals surface area contributed by atoms with Crippen molar-refractivity contribution < 1.29 is 9.84 Å². The maximum absolute atomic E-state index is 9.67. The van der Waals surface area contributed by atoms with E-state index >= 15 is 0 Å². The summed E-state index contributed by atoms with van der Waals surface area (Å²) in [4.78, 5) is 8.18. The molecule has 1 aromatic rings. The first-order chi connectivity index (χ1) is 7.92. The summed E-state index contributed by atoms with van der Waals surface area (Å²) < 4.78 is 5.26. The molecule has 1 atom stereocenters. The van der Waals surface area contributed by atoms with Gasteiger partial charge < -0.3 is 20.5 Å². The first-order valence-corrected chi connectivity index (χ1v) is 5.45. The van der Waals surface area contributed by atoms with Crippen molar-refractivity contribution in [1.29, 1.82) is 0 Å². The molecule has 0 aliphatic heterocycles.